The summed E-state index contributed by atoms with van der Waals surface area (Å²) in [6, 6.07) is 11.6. The molecule has 3 rings (SSSR count). The van der Waals surface area contributed by atoms with Gasteiger partial charge in [0.2, 0.25) is 0 Å². The van der Waals surface area contributed by atoms with Crippen molar-refractivity contribution < 1.29 is 35.9 Å². The minimum atomic E-state index is -4.98. The third-order valence-corrected chi connectivity index (χ3v) is 5.28. The summed E-state index contributed by atoms with van der Waals surface area (Å²) in [6.45, 7) is 5.43. The lowest BCUT2D eigenvalue weighted by molar-refractivity contribution is -0.173. The molecule has 13 heteroatoms. The van der Waals surface area contributed by atoms with Crippen molar-refractivity contribution in [3.63, 3.8) is 0 Å². The molecule has 0 aliphatic heterocycles. The molecule has 3 amide bonds. The van der Waals surface area contributed by atoms with Gasteiger partial charge in [0.25, 0.3) is 0 Å². The first-order valence-corrected chi connectivity index (χ1v) is 11.3. The van der Waals surface area contributed by atoms with E-state index in [-0.39, 0.29) is 24.5 Å². The molecule has 3 aromatic rings. The van der Waals surface area contributed by atoms with Crippen LogP contribution >= 0.6 is 0 Å². The van der Waals surface area contributed by atoms with Gasteiger partial charge in [-0.05, 0) is 42.3 Å². The maximum atomic E-state index is 13.0. The molecule has 3 N–H and O–H groups in total. The Morgan fingerprint density at radius 1 is 0.895 bits per heavy atom. The van der Waals surface area contributed by atoms with Crippen molar-refractivity contribution in [1.29, 1.82) is 0 Å². The minimum absolute atomic E-state index is 0.0673. The molecular weight excluding hydrogens is 516 g/mol. The summed E-state index contributed by atoms with van der Waals surface area (Å²) in [5.74, 6) is -1.82. The number of halogens is 6. The molecule has 2 aromatic carbocycles. The normalized spacial score (nSPS) is 12.2. The number of aromatic nitrogens is 2. The predicted molar refractivity (Wildman–Crippen MR) is 129 cm³/mol. The molecule has 0 aliphatic carbocycles. The Balaban J connectivity index is 1.82. The number of carbonyl (C=O) groups is 2. The van der Waals surface area contributed by atoms with Gasteiger partial charge in [-0.25, -0.2) is 9.48 Å². The van der Waals surface area contributed by atoms with Crippen LogP contribution in [0, 0.1) is 0 Å². The minimum Gasteiger partial charge on any atom is -0.348 e. The van der Waals surface area contributed by atoms with Gasteiger partial charge in [0.1, 0.15) is 5.82 Å². The van der Waals surface area contributed by atoms with Crippen molar-refractivity contribution in [2.24, 2.45) is 0 Å². The third kappa shape index (κ3) is 7.49. The molecule has 0 fully saturated rings. The molecule has 0 unspecified atom stereocenters. The Morgan fingerprint density at radius 3 is 2.21 bits per heavy atom. The molecule has 1 aromatic heterocycles. The topological polar surface area (TPSA) is 88.0 Å². The highest BCUT2D eigenvalue weighted by molar-refractivity contribution is 5.99. The number of carbonyl (C=O) groups excluding carboxylic acids is 2. The average Bonchev–Trinajstić information content (AvgIpc) is 3.22. The van der Waals surface area contributed by atoms with Crippen molar-refractivity contribution in [3.8, 4) is 5.69 Å². The number of nitrogens with one attached hydrogen (secondary N) is 3. The summed E-state index contributed by atoms with van der Waals surface area (Å²) in [5, 5.41) is 11.3. The zero-order valence-electron chi connectivity index (χ0n) is 20.6. The number of urea groups is 1. The summed E-state index contributed by atoms with van der Waals surface area (Å²) in [5.41, 5.74) is 0.237. The molecule has 0 radical (unpaired) electrons. The number of hydrogen-bond acceptors (Lipinski definition) is 3. The number of alkyl halides is 6. The van der Waals surface area contributed by atoms with E-state index in [1.54, 1.807) is 35.6 Å². The van der Waals surface area contributed by atoms with Gasteiger partial charge in [0.05, 0.1) is 16.9 Å². The van der Waals surface area contributed by atoms with Crippen molar-refractivity contribution in [1.82, 2.24) is 15.1 Å². The van der Waals surface area contributed by atoms with E-state index in [1.807, 2.05) is 20.8 Å². The molecule has 0 bridgehead atoms. The Bertz CT molecular complexity index is 1310. The van der Waals surface area contributed by atoms with Crippen LogP contribution in [0.3, 0.4) is 0 Å². The highest BCUT2D eigenvalue weighted by Gasteiger charge is 2.38. The molecule has 0 atom stereocenters. The largest absolute Gasteiger partial charge is 0.471 e. The molecule has 0 saturated carbocycles. The number of hydrogen-bond donors (Lipinski definition) is 3. The summed E-state index contributed by atoms with van der Waals surface area (Å²) in [4.78, 5) is 23.7. The van der Waals surface area contributed by atoms with E-state index in [2.05, 4.69) is 15.7 Å². The van der Waals surface area contributed by atoms with E-state index in [9.17, 15) is 35.9 Å². The maximum Gasteiger partial charge on any atom is 0.471 e. The van der Waals surface area contributed by atoms with Crippen LogP contribution in [0.5, 0.6) is 0 Å². The van der Waals surface area contributed by atoms with Gasteiger partial charge in [0, 0.05) is 23.7 Å². The molecule has 1 heterocycles. The molecule has 0 aliphatic rings. The molecule has 7 nitrogen and oxygen atoms in total. The maximum absolute atomic E-state index is 13.0. The Morgan fingerprint density at radius 2 is 1.58 bits per heavy atom. The first-order chi connectivity index (χ1) is 17.5. The van der Waals surface area contributed by atoms with Crippen LogP contribution in [-0.4, -0.2) is 34.4 Å². The molecule has 38 heavy (non-hydrogen) atoms. The summed E-state index contributed by atoms with van der Waals surface area (Å²) in [7, 11) is 0. The van der Waals surface area contributed by atoms with Gasteiger partial charge in [-0.1, -0.05) is 39.0 Å². The van der Waals surface area contributed by atoms with Crippen LogP contribution in [0.2, 0.25) is 0 Å². The fourth-order valence-electron chi connectivity index (χ4n) is 3.35. The van der Waals surface area contributed by atoms with Crippen molar-refractivity contribution >= 4 is 23.4 Å². The van der Waals surface area contributed by atoms with Gasteiger partial charge in [-0.2, -0.15) is 31.4 Å². The monoisotopic (exact) mass is 541 g/mol. The number of rotatable bonds is 6. The van der Waals surface area contributed by atoms with Crippen LogP contribution in [0.4, 0.5) is 42.6 Å². The van der Waals surface area contributed by atoms with E-state index in [0.717, 1.165) is 12.1 Å². The molecular formula is C25H25F6N5O2. The lowest BCUT2D eigenvalue weighted by atomic mass is 9.92. The van der Waals surface area contributed by atoms with Crippen molar-refractivity contribution in [2.45, 2.75) is 45.0 Å². The SMILES string of the molecule is CC(C)(C)c1cc(NC(=O)Nc2cccc(C(F)(F)F)c2)n(-c2cccc(CCNC(=O)C(F)(F)F)c2)n1. The van der Waals surface area contributed by atoms with Gasteiger partial charge < -0.3 is 10.6 Å². The zero-order valence-corrected chi connectivity index (χ0v) is 20.6. The molecule has 0 spiro atoms. The Hall–Kier alpha value is -4.03. The fourth-order valence-corrected chi connectivity index (χ4v) is 3.35. The summed E-state index contributed by atoms with van der Waals surface area (Å²) < 4.78 is 77.6. The number of anilines is 2. The molecule has 204 valence electrons. The fraction of sp³-hybridized carbons (Fsp3) is 0.320. The number of benzene rings is 2. The smallest absolute Gasteiger partial charge is 0.348 e. The zero-order chi connectivity index (χ0) is 28.3. The standard InChI is InChI=1S/C25H25F6N5O2/c1-23(2,3)19-14-20(34-22(38)33-17-8-5-7-16(13-17)24(26,27)28)36(35-19)18-9-4-6-15(12-18)10-11-32-21(37)25(29,30)31/h4-9,12-14H,10-11H2,1-3H3,(H,32,37)(H2,33,34,38). The summed E-state index contributed by atoms with van der Waals surface area (Å²) >= 11 is 0. The second-order valence-electron chi connectivity index (χ2n) is 9.41. The van der Waals surface area contributed by atoms with Gasteiger partial charge in [-0.15, -0.1) is 0 Å². The second-order valence-corrected chi connectivity index (χ2v) is 9.41. The van der Waals surface area contributed by atoms with Crippen LogP contribution in [-0.2, 0) is 22.8 Å². The number of nitrogens with zero attached hydrogens (tertiary/aromatic N) is 2. The quantitative estimate of drug-likeness (QED) is 0.332. The highest BCUT2D eigenvalue weighted by Crippen LogP contribution is 2.31. The van der Waals surface area contributed by atoms with Crippen LogP contribution < -0.4 is 16.0 Å². The van der Waals surface area contributed by atoms with E-state index >= 15 is 0 Å². The van der Waals surface area contributed by atoms with Gasteiger partial charge in [0.15, 0.2) is 0 Å². The third-order valence-electron chi connectivity index (χ3n) is 5.28. The van der Waals surface area contributed by atoms with Crippen molar-refractivity contribution in [3.05, 3.63) is 71.4 Å². The van der Waals surface area contributed by atoms with E-state index in [0.29, 0.717) is 16.9 Å². The van der Waals surface area contributed by atoms with E-state index in [4.69, 9.17) is 0 Å². The molecule has 0 saturated heterocycles. The van der Waals surface area contributed by atoms with Crippen LogP contribution in [0.15, 0.2) is 54.6 Å². The Kier molecular flexibility index (Phi) is 8.08. The lowest BCUT2D eigenvalue weighted by Gasteiger charge is -2.14. The second kappa shape index (κ2) is 10.8. The Labute approximate surface area is 214 Å². The lowest BCUT2D eigenvalue weighted by Crippen LogP contribution is -2.37. The first kappa shape index (κ1) is 28.5. The van der Waals surface area contributed by atoms with Crippen LogP contribution in [0.1, 0.15) is 37.6 Å². The van der Waals surface area contributed by atoms with Crippen LogP contribution in [0.25, 0.3) is 5.69 Å². The van der Waals surface area contributed by atoms with E-state index in [1.165, 1.54) is 16.8 Å². The van der Waals surface area contributed by atoms with Gasteiger partial charge >= 0.3 is 24.3 Å². The predicted octanol–water partition coefficient (Wildman–Crippen LogP) is 6.05. The summed E-state index contributed by atoms with van der Waals surface area (Å²) in [6.07, 6.45) is -9.45. The van der Waals surface area contributed by atoms with E-state index < -0.39 is 35.3 Å². The van der Waals surface area contributed by atoms with Gasteiger partial charge in [-0.3, -0.25) is 10.1 Å². The highest BCUT2D eigenvalue weighted by atomic mass is 19.4. The van der Waals surface area contributed by atoms with Crippen molar-refractivity contribution in [2.75, 3.05) is 17.2 Å². The first-order valence-electron chi connectivity index (χ1n) is 11.3. The average molecular weight is 541 g/mol. The number of amides is 3.